The van der Waals surface area contributed by atoms with Gasteiger partial charge in [-0.05, 0) is 30.7 Å². The maximum Gasteiger partial charge on any atom is 0.156 e. The number of hydrogen-bond acceptors (Lipinski definition) is 3. The molecule has 0 saturated carbocycles. The van der Waals surface area contributed by atoms with E-state index in [9.17, 15) is 4.39 Å². The minimum Gasteiger partial charge on any atom is -0.453 e. The predicted octanol–water partition coefficient (Wildman–Crippen LogP) is 6.64. The average Bonchev–Trinajstić information content (AvgIpc) is 3.13. The van der Waals surface area contributed by atoms with E-state index in [0.717, 1.165) is 33.3 Å². The molecule has 0 amide bonds. The van der Waals surface area contributed by atoms with Crippen molar-refractivity contribution < 1.29 is 8.81 Å². The van der Waals surface area contributed by atoms with Gasteiger partial charge in [-0.1, -0.05) is 49.4 Å². The minimum absolute atomic E-state index is 0.164. The van der Waals surface area contributed by atoms with Gasteiger partial charge in [0.25, 0.3) is 0 Å². The molecule has 0 bridgehead atoms. The van der Waals surface area contributed by atoms with Gasteiger partial charge < -0.3 is 4.42 Å². The zero-order valence-corrected chi connectivity index (χ0v) is 16.2. The molecule has 2 aromatic carbocycles. The number of fused-ring (bicyclic) bond motifs is 3. The minimum atomic E-state index is -0.320. The fraction of sp³-hybridized carbons (Fsp3) is 0.120. The number of para-hydroxylation sites is 1. The van der Waals surface area contributed by atoms with Crippen LogP contribution in [0.25, 0.3) is 33.2 Å². The normalized spacial score (nSPS) is 12.5. The lowest BCUT2D eigenvalue weighted by molar-refractivity contribution is 0.626. The van der Waals surface area contributed by atoms with E-state index < -0.39 is 0 Å². The summed E-state index contributed by atoms with van der Waals surface area (Å²) in [7, 11) is 0. The van der Waals surface area contributed by atoms with Crippen molar-refractivity contribution in [2.24, 2.45) is 0 Å². The van der Waals surface area contributed by atoms with Crippen LogP contribution in [0, 0.1) is 12.7 Å². The topological polar surface area (TPSA) is 38.9 Å². The second-order valence-electron chi connectivity index (χ2n) is 7.29. The van der Waals surface area contributed by atoms with Gasteiger partial charge in [0.05, 0.1) is 11.4 Å². The van der Waals surface area contributed by atoms with Gasteiger partial charge in [0.2, 0.25) is 0 Å². The lowest BCUT2D eigenvalue weighted by atomic mass is 9.96. The molecule has 3 aromatic heterocycles. The lowest BCUT2D eigenvalue weighted by Gasteiger charge is -2.12. The molecule has 5 rings (SSSR count). The Kier molecular flexibility index (Phi) is 4.13. The zero-order chi connectivity index (χ0) is 20.0. The number of pyridine rings is 2. The molecule has 0 aliphatic heterocycles. The molecule has 4 heteroatoms. The number of furan rings is 1. The predicted molar refractivity (Wildman–Crippen MR) is 113 cm³/mol. The summed E-state index contributed by atoms with van der Waals surface area (Å²) in [5.74, 6) is -0.155. The van der Waals surface area contributed by atoms with Crippen LogP contribution in [0.4, 0.5) is 4.39 Å². The Balaban J connectivity index is 1.73. The molecule has 142 valence electrons. The number of benzene rings is 2. The van der Waals surface area contributed by atoms with Crippen LogP contribution >= 0.6 is 0 Å². The van der Waals surface area contributed by atoms with Crippen LogP contribution in [-0.2, 0) is 0 Å². The number of nitrogens with zero attached hydrogens (tertiary/aromatic N) is 2. The maximum absolute atomic E-state index is 13.7. The molecule has 0 fully saturated rings. The molecule has 0 radical (unpaired) electrons. The van der Waals surface area contributed by atoms with E-state index in [4.69, 9.17) is 9.40 Å². The molecule has 0 aliphatic carbocycles. The molecule has 0 aliphatic rings. The van der Waals surface area contributed by atoms with Crippen LogP contribution in [0.5, 0.6) is 0 Å². The number of halogens is 1. The third kappa shape index (κ3) is 2.97. The molecular formula is C25H19FN2O. The Morgan fingerprint density at radius 3 is 2.52 bits per heavy atom. The van der Waals surface area contributed by atoms with E-state index in [1.807, 2.05) is 43.3 Å². The van der Waals surface area contributed by atoms with E-state index in [-0.39, 0.29) is 11.7 Å². The van der Waals surface area contributed by atoms with Crippen LogP contribution in [0.2, 0.25) is 0 Å². The number of hydrogen-bond donors (Lipinski definition) is 0. The van der Waals surface area contributed by atoms with E-state index in [2.05, 4.69) is 30.1 Å². The van der Waals surface area contributed by atoms with Crippen molar-refractivity contribution in [2.75, 3.05) is 0 Å². The van der Waals surface area contributed by atoms with Crippen molar-refractivity contribution in [2.45, 2.75) is 19.8 Å². The SMILES string of the molecule is Cc1nc(C(C)c2ccccc2)cc2c1oc1c(-c3cc(F)ccn3)cccc12. The van der Waals surface area contributed by atoms with Gasteiger partial charge in [0, 0.05) is 40.2 Å². The molecule has 5 aromatic rings. The number of rotatable bonds is 3. The summed E-state index contributed by atoms with van der Waals surface area (Å²) in [4.78, 5) is 9.14. The average molecular weight is 382 g/mol. The van der Waals surface area contributed by atoms with Crippen molar-refractivity contribution in [3.63, 3.8) is 0 Å². The molecule has 0 spiro atoms. The van der Waals surface area contributed by atoms with Crippen LogP contribution in [0.15, 0.2) is 77.3 Å². The van der Waals surface area contributed by atoms with Crippen molar-refractivity contribution in [3.8, 4) is 11.3 Å². The van der Waals surface area contributed by atoms with Crippen molar-refractivity contribution in [3.05, 3.63) is 95.7 Å². The summed E-state index contributed by atoms with van der Waals surface area (Å²) >= 11 is 0. The van der Waals surface area contributed by atoms with E-state index >= 15 is 0 Å². The fourth-order valence-electron chi connectivity index (χ4n) is 3.86. The largest absolute Gasteiger partial charge is 0.453 e. The summed E-state index contributed by atoms with van der Waals surface area (Å²) in [5, 5.41) is 2.00. The Bertz CT molecular complexity index is 1340. The quantitative estimate of drug-likeness (QED) is 0.351. The fourth-order valence-corrected chi connectivity index (χ4v) is 3.86. The highest BCUT2D eigenvalue weighted by Crippen LogP contribution is 2.37. The summed E-state index contributed by atoms with van der Waals surface area (Å²) in [6.07, 6.45) is 1.47. The first-order chi connectivity index (χ1) is 14.1. The lowest BCUT2D eigenvalue weighted by Crippen LogP contribution is -2.00. The first-order valence-corrected chi connectivity index (χ1v) is 9.61. The first-order valence-electron chi connectivity index (χ1n) is 9.61. The Morgan fingerprint density at radius 1 is 0.897 bits per heavy atom. The summed E-state index contributed by atoms with van der Waals surface area (Å²) in [6.45, 7) is 4.12. The van der Waals surface area contributed by atoms with Crippen LogP contribution < -0.4 is 0 Å². The Labute approximate surface area is 167 Å². The molecule has 3 nitrogen and oxygen atoms in total. The molecule has 29 heavy (non-hydrogen) atoms. The van der Waals surface area contributed by atoms with Crippen molar-refractivity contribution in [1.29, 1.82) is 0 Å². The maximum atomic E-state index is 13.7. The van der Waals surface area contributed by atoms with Gasteiger partial charge in [-0.3, -0.25) is 9.97 Å². The van der Waals surface area contributed by atoms with E-state index in [1.165, 1.54) is 23.9 Å². The zero-order valence-electron chi connectivity index (χ0n) is 16.2. The second kappa shape index (κ2) is 6.82. The second-order valence-corrected chi connectivity index (χ2v) is 7.29. The van der Waals surface area contributed by atoms with Gasteiger partial charge >= 0.3 is 0 Å². The summed E-state index contributed by atoms with van der Waals surface area (Å²) < 4.78 is 20.0. The third-order valence-corrected chi connectivity index (χ3v) is 5.41. The number of aryl methyl sites for hydroxylation is 1. The van der Waals surface area contributed by atoms with Crippen molar-refractivity contribution >= 4 is 21.9 Å². The van der Waals surface area contributed by atoms with Gasteiger partial charge in [0.1, 0.15) is 11.4 Å². The highest BCUT2D eigenvalue weighted by atomic mass is 19.1. The molecule has 1 unspecified atom stereocenters. The molecule has 0 N–H and O–H groups in total. The van der Waals surface area contributed by atoms with E-state index in [0.29, 0.717) is 11.3 Å². The standard InChI is InChI=1S/C25H19FN2O/c1-15(17-7-4-3-5-8-17)22-14-21-19-9-6-10-20(23-13-18(26)11-12-27-23)25(19)29-24(21)16(2)28-22/h3-15H,1-2H3. The van der Waals surface area contributed by atoms with Crippen LogP contribution in [-0.4, -0.2) is 9.97 Å². The molecule has 3 heterocycles. The van der Waals surface area contributed by atoms with Crippen molar-refractivity contribution in [1.82, 2.24) is 9.97 Å². The van der Waals surface area contributed by atoms with Gasteiger partial charge in [-0.15, -0.1) is 0 Å². The molecular weight excluding hydrogens is 363 g/mol. The summed E-state index contributed by atoms with van der Waals surface area (Å²) in [5.41, 5.74) is 5.85. The molecule has 0 saturated heterocycles. The smallest absolute Gasteiger partial charge is 0.156 e. The van der Waals surface area contributed by atoms with Gasteiger partial charge in [-0.25, -0.2) is 4.39 Å². The third-order valence-electron chi connectivity index (χ3n) is 5.41. The first kappa shape index (κ1) is 17.6. The Morgan fingerprint density at radius 2 is 1.72 bits per heavy atom. The van der Waals surface area contributed by atoms with Crippen LogP contribution in [0.3, 0.4) is 0 Å². The van der Waals surface area contributed by atoms with E-state index in [1.54, 1.807) is 0 Å². The van der Waals surface area contributed by atoms with Gasteiger partial charge in [0.15, 0.2) is 5.58 Å². The molecule has 1 atom stereocenters. The highest BCUT2D eigenvalue weighted by molar-refractivity contribution is 6.09. The summed E-state index contributed by atoms with van der Waals surface area (Å²) in [6, 6.07) is 21.1. The number of aromatic nitrogens is 2. The monoisotopic (exact) mass is 382 g/mol. The van der Waals surface area contributed by atoms with Gasteiger partial charge in [-0.2, -0.15) is 0 Å². The van der Waals surface area contributed by atoms with Crippen LogP contribution in [0.1, 0.15) is 29.8 Å². The Hall–Kier alpha value is -3.53. The highest BCUT2D eigenvalue weighted by Gasteiger charge is 2.18.